The number of carbonyl (C=O) groups is 1. The van der Waals surface area contributed by atoms with Crippen LogP contribution in [0.3, 0.4) is 0 Å². The second-order valence-electron chi connectivity index (χ2n) is 4.46. The molecule has 0 aromatic heterocycles. The minimum atomic E-state index is -0.338. The number of piperidine rings is 1. The topological polar surface area (TPSA) is 55.1 Å². The van der Waals surface area contributed by atoms with Crippen LogP contribution >= 0.6 is 0 Å². The fourth-order valence-electron chi connectivity index (χ4n) is 2.37. The van der Waals surface area contributed by atoms with Gasteiger partial charge in [0.1, 0.15) is 0 Å². The molecule has 16 heavy (non-hydrogen) atoms. The van der Waals surface area contributed by atoms with Gasteiger partial charge in [-0.05, 0) is 62.0 Å². The van der Waals surface area contributed by atoms with Crippen molar-refractivity contribution in [3.63, 3.8) is 0 Å². The summed E-state index contributed by atoms with van der Waals surface area (Å²) in [6.07, 6.45) is 2.28. The number of hydrogen-bond acceptors (Lipinski definition) is 2. The molecule has 0 bridgehead atoms. The molecular formula is C13H18N2O. The molecule has 3 nitrogen and oxygen atoms in total. The number of hydrogen-bond donors (Lipinski definition) is 2. The van der Waals surface area contributed by atoms with Crippen molar-refractivity contribution < 1.29 is 4.79 Å². The van der Waals surface area contributed by atoms with E-state index < -0.39 is 0 Å². The zero-order chi connectivity index (χ0) is 11.5. The van der Waals surface area contributed by atoms with E-state index in [-0.39, 0.29) is 5.91 Å². The van der Waals surface area contributed by atoms with E-state index in [0.29, 0.717) is 11.5 Å². The molecule has 86 valence electrons. The maximum atomic E-state index is 11.2. The summed E-state index contributed by atoms with van der Waals surface area (Å²) < 4.78 is 0. The molecule has 0 atom stereocenters. The van der Waals surface area contributed by atoms with E-state index >= 15 is 0 Å². The first-order valence-electron chi connectivity index (χ1n) is 5.79. The van der Waals surface area contributed by atoms with Gasteiger partial charge in [0.05, 0.1) is 0 Å². The SMILES string of the molecule is Cc1ccc(C(N)=O)cc1C1CCNCC1. The predicted molar refractivity (Wildman–Crippen MR) is 64.5 cm³/mol. The van der Waals surface area contributed by atoms with Crippen molar-refractivity contribution in [2.24, 2.45) is 5.73 Å². The molecule has 0 radical (unpaired) electrons. The molecule has 0 unspecified atom stereocenters. The molecule has 3 N–H and O–H groups in total. The van der Waals surface area contributed by atoms with Gasteiger partial charge in [-0.1, -0.05) is 6.07 Å². The van der Waals surface area contributed by atoms with Gasteiger partial charge < -0.3 is 11.1 Å². The van der Waals surface area contributed by atoms with E-state index in [1.54, 1.807) is 0 Å². The minimum Gasteiger partial charge on any atom is -0.366 e. The Labute approximate surface area is 96.0 Å². The average Bonchev–Trinajstić information content (AvgIpc) is 2.30. The Balaban J connectivity index is 2.30. The van der Waals surface area contributed by atoms with Gasteiger partial charge in [-0.25, -0.2) is 0 Å². The van der Waals surface area contributed by atoms with E-state index in [0.717, 1.165) is 25.9 Å². The number of benzene rings is 1. The third-order valence-corrected chi connectivity index (χ3v) is 3.34. The highest BCUT2D eigenvalue weighted by Gasteiger charge is 2.17. The molecule has 0 saturated carbocycles. The molecule has 1 heterocycles. The first kappa shape index (κ1) is 11.1. The second kappa shape index (κ2) is 4.66. The number of carbonyl (C=O) groups excluding carboxylic acids is 1. The third kappa shape index (κ3) is 2.25. The summed E-state index contributed by atoms with van der Waals surface area (Å²) in [6.45, 7) is 4.22. The average molecular weight is 218 g/mol. The molecular weight excluding hydrogens is 200 g/mol. The molecule has 1 fully saturated rings. The molecule has 1 aromatic rings. The molecule has 1 aromatic carbocycles. The minimum absolute atomic E-state index is 0.338. The second-order valence-corrected chi connectivity index (χ2v) is 4.46. The lowest BCUT2D eigenvalue weighted by molar-refractivity contribution is 0.1000. The van der Waals surface area contributed by atoms with Crippen molar-refractivity contribution in [1.29, 1.82) is 0 Å². The molecule has 1 saturated heterocycles. The van der Waals surface area contributed by atoms with Crippen LogP contribution in [-0.2, 0) is 0 Å². The van der Waals surface area contributed by atoms with Crippen LogP contribution < -0.4 is 11.1 Å². The molecule has 1 aliphatic rings. The highest BCUT2D eigenvalue weighted by molar-refractivity contribution is 5.93. The zero-order valence-corrected chi connectivity index (χ0v) is 9.62. The number of primary amides is 1. The van der Waals surface area contributed by atoms with E-state index in [1.807, 2.05) is 18.2 Å². The predicted octanol–water partition coefficient (Wildman–Crippen LogP) is 1.56. The summed E-state index contributed by atoms with van der Waals surface area (Å²) in [7, 11) is 0. The van der Waals surface area contributed by atoms with E-state index in [2.05, 4.69) is 12.2 Å². The lowest BCUT2D eigenvalue weighted by Gasteiger charge is -2.24. The van der Waals surface area contributed by atoms with Gasteiger partial charge in [0.25, 0.3) is 0 Å². The monoisotopic (exact) mass is 218 g/mol. The highest BCUT2D eigenvalue weighted by Crippen LogP contribution is 2.28. The van der Waals surface area contributed by atoms with E-state index in [9.17, 15) is 4.79 Å². The summed E-state index contributed by atoms with van der Waals surface area (Å²) in [5.74, 6) is 0.232. The number of rotatable bonds is 2. The van der Waals surface area contributed by atoms with Crippen molar-refractivity contribution in [3.05, 3.63) is 34.9 Å². The van der Waals surface area contributed by atoms with E-state index in [1.165, 1.54) is 11.1 Å². The summed E-state index contributed by atoms with van der Waals surface area (Å²) in [5, 5.41) is 3.35. The number of aryl methyl sites for hydroxylation is 1. The normalized spacial score (nSPS) is 17.3. The van der Waals surface area contributed by atoms with Crippen molar-refractivity contribution in [2.45, 2.75) is 25.7 Å². The molecule has 1 amide bonds. The smallest absolute Gasteiger partial charge is 0.248 e. The van der Waals surface area contributed by atoms with Crippen LogP contribution in [-0.4, -0.2) is 19.0 Å². The molecule has 0 aliphatic carbocycles. The van der Waals surface area contributed by atoms with Crippen LogP contribution in [0.1, 0.15) is 40.2 Å². The number of amides is 1. The quantitative estimate of drug-likeness (QED) is 0.791. The number of nitrogens with one attached hydrogen (secondary N) is 1. The van der Waals surface area contributed by atoms with Gasteiger partial charge in [-0.15, -0.1) is 0 Å². The van der Waals surface area contributed by atoms with Gasteiger partial charge in [0.2, 0.25) is 5.91 Å². The summed E-state index contributed by atoms with van der Waals surface area (Å²) in [5.41, 5.74) is 8.49. The highest BCUT2D eigenvalue weighted by atomic mass is 16.1. The first-order chi connectivity index (χ1) is 7.68. The van der Waals surface area contributed by atoms with Crippen LogP contribution in [0, 0.1) is 6.92 Å². The van der Waals surface area contributed by atoms with Gasteiger partial charge >= 0.3 is 0 Å². The van der Waals surface area contributed by atoms with Crippen LogP contribution in [0.5, 0.6) is 0 Å². The Morgan fingerprint density at radius 1 is 1.38 bits per heavy atom. The van der Waals surface area contributed by atoms with Crippen LogP contribution in [0.15, 0.2) is 18.2 Å². The number of nitrogens with two attached hydrogens (primary N) is 1. The van der Waals surface area contributed by atoms with Crippen molar-refractivity contribution in [3.8, 4) is 0 Å². The fourth-order valence-corrected chi connectivity index (χ4v) is 2.37. The molecule has 2 rings (SSSR count). The van der Waals surface area contributed by atoms with Crippen LogP contribution in [0.2, 0.25) is 0 Å². The Kier molecular flexibility index (Phi) is 3.25. The van der Waals surface area contributed by atoms with Gasteiger partial charge in [0, 0.05) is 5.56 Å². The maximum absolute atomic E-state index is 11.2. The molecule has 1 aliphatic heterocycles. The molecule has 3 heteroatoms. The van der Waals surface area contributed by atoms with E-state index in [4.69, 9.17) is 5.73 Å². The van der Waals surface area contributed by atoms with Crippen LogP contribution in [0.25, 0.3) is 0 Å². The lowest BCUT2D eigenvalue weighted by atomic mass is 9.86. The Morgan fingerprint density at radius 3 is 2.69 bits per heavy atom. The largest absolute Gasteiger partial charge is 0.366 e. The third-order valence-electron chi connectivity index (χ3n) is 3.34. The Morgan fingerprint density at radius 2 is 2.06 bits per heavy atom. The fraction of sp³-hybridized carbons (Fsp3) is 0.462. The zero-order valence-electron chi connectivity index (χ0n) is 9.62. The first-order valence-corrected chi connectivity index (χ1v) is 5.79. The summed E-state index contributed by atoms with van der Waals surface area (Å²) in [4.78, 5) is 11.2. The standard InChI is InChI=1S/C13H18N2O/c1-9-2-3-11(13(14)16)8-12(9)10-4-6-15-7-5-10/h2-3,8,10,15H,4-7H2,1H3,(H2,14,16). The maximum Gasteiger partial charge on any atom is 0.248 e. The molecule has 0 spiro atoms. The Hall–Kier alpha value is -1.35. The lowest BCUT2D eigenvalue weighted by Crippen LogP contribution is -2.27. The van der Waals surface area contributed by atoms with Gasteiger partial charge in [-0.2, -0.15) is 0 Å². The van der Waals surface area contributed by atoms with Crippen molar-refractivity contribution >= 4 is 5.91 Å². The van der Waals surface area contributed by atoms with Gasteiger partial charge in [-0.3, -0.25) is 4.79 Å². The summed E-state index contributed by atoms with van der Waals surface area (Å²) in [6, 6.07) is 5.77. The van der Waals surface area contributed by atoms with Gasteiger partial charge in [0.15, 0.2) is 0 Å². The van der Waals surface area contributed by atoms with Crippen molar-refractivity contribution in [2.75, 3.05) is 13.1 Å². The Bertz CT molecular complexity index is 395. The van der Waals surface area contributed by atoms with Crippen molar-refractivity contribution in [1.82, 2.24) is 5.32 Å². The van der Waals surface area contributed by atoms with Crippen LogP contribution in [0.4, 0.5) is 0 Å². The summed E-state index contributed by atoms with van der Waals surface area (Å²) >= 11 is 0.